The average Bonchev–Trinajstić information content (AvgIpc) is 3.82. The molecule has 0 saturated carbocycles. The van der Waals surface area contributed by atoms with E-state index in [0.717, 1.165) is 56.1 Å². The Bertz CT molecular complexity index is 3790. The predicted octanol–water partition coefficient (Wildman–Crippen LogP) is 18.9. The van der Waals surface area contributed by atoms with Crippen LogP contribution in [0.3, 0.4) is 0 Å². The molecule has 0 fully saturated rings. The van der Waals surface area contributed by atoms with Gasteiger partial charge in [0.1, 0.15) is 17.0 Å². The molecule has 6 heteroatoms. The van der Waals surface area contributed by atoms with E-state index in [1.165, 1.54) is 50.5 Å². The first-order valence-electron chi connectivity index (χ1n) is 24.0. The lowest BCUT2D eigenvalue weighted by atomic mass is 10.1. The number of aromatic nitrogens is 1. The number of furan rings is 1. The maximum Gasteiger partial charge on any atom is 0.138 e. The van der Waals surface area contributed by atoms with E-state index in [2.05, 4.69) is 283 Å². The summed E-state index contributed by atoms with van der Waals surface area (Å²) in [7, 11) is -3.74. The lowest BCUT2D eigenvalue weighted by molar-refractivity contribution is 0.669. The van der Waals surface area contributed by atoms with E-state index in [1.807, 2.05) is 0 Å². The van der Waals surface area contributed by atoms with Crippen LogP contribution >= 0.6 is 20.1 Å². The van der Waals surface area contributed by atoms with E-state index in [4.69, 9.17) is 9.40 Å². The normalized spacial score (nSPS) is 15.0. The molecule has 4 heterocycles. The number of anilines is 6. The van der Waals surface area contributed by atoms with Gasteiger partial charge in [0, 0.05) is 61.2 Å². The molecule has 71 heavy (non-hydrogen) atoms. The van der Waals surface area contributed by atoms with Crippen LogP contribution in [0.15, 0.2) is 317 Å². The van der Waals surface area contributed by atoms with Crippen molar-refractivity contribution in [1.29, 1.82) is 0 Å². The molecule has 0 unspecified atom stereocenters. The van der Waals surface area contributed by atoms with Crippen LogP contribution in [0, 0.1) is 0 Å². The fraction of sp³-hybridized carbons (Fsp3) is 0. The minimum absolute atomic E-state index is 0.841. The van der Waals surface area contributed by atoms with Crippen LogP contribution in [0.2, 0.25) is 0 Å². The Kier molecular flexibility index (Phi) is 9.66. The van der Waals surface area contributed by atoms with Crippen molar-refractivity contribution >= 4 is 76.2 Å². The molecular weight excluding hydrogens is 903 g/mol. The molecule has 10 aromatic carbocycles. The summed E-state index contributed by atoms with van der Waals surface area (Å²) < 4.78 is 6.62. The van der Waals surface area contributed by atoms with E-state index in [1.54, 1.807) is 0 Å². The number of para-hydroxylation sites is 4. The van der Waals surface area contributed by atoms with Gasteiger partial charge in [-0.05, 0) is 146 Å². The van der Waals surface area contributed by atoms with Crippen molar-refractivity contribution in [3.63, 3.8) is 0 Å². The molecule has 0 radical (unpaired) electrons. The van der Waals surface area contributed by atoms with E-state index in [9.17, 15) is 0 Å². The Morgan fingerprint density at radius 2 is 0.690 bits per heavy atom. The van der Waals surface area contributed by atoms with Gasteiger partial charge in [-0.2, -0.15) is 0 Å². The molecule has 0 spiro atoms. The second kappa shape index (κ2) is 16.6. The first kappa shape index (κ1) is 41.4. The Balaban J connectivity index is 0.903. The monoisotopic (exact) mass is 947 g/mol. The summed E-state index contributed by atoms with van der Waals surface area (Å²) in [5, 5.41) is 2.10. The number of rotatable bonds is 7. The predicted molar refractivity (Wildman–Crippen MR) is 293 cm³/mol. The van der Waals surface area contributed by atoms with Crippen LogP contribution in [-0.4, -0.2) is 4.98 Å². The number of fused-ring (bicyclic) bond motifs is 7. The molecule has 0 amide bonds. The van der Waals surface area contributed by atoms with Gasteiger partial charge < -0.3 is 9.32 Å². The fourth-order valence-corrected chi connectivity index (χ4v) is 19.5. The molecular formula is C65H45N3OS2. The maximum absolute atomic E-state index is 6.62. The zero-order chi connectivity index (χ0) is 46.9. The number of pyridine rings is 1. The molecule has 338 valence electrons. The number of hydrogen-bond acceptors (Lipinski definition) is 4. The minimum Gasteiger partial charge on any atom is -0.456 e. The van der Waals surface area contributed by atoms with Gasteiger partial charge in [-0.3, -0.25) is 4.90 Å². The van der Waals surface area contributed by atoms with Gasteiger partial charge in [-0.25, -0.2) is 4.98 Å². The molecule has 14 rings (SSSR count). The van der Waals surface area contributed by atoms with Crippen molar-refractivity contribution in [3.8, 4) is 11.3 Å². The molecule has 0 N–H and O–H groups in total. The average molecular weight is 948 g/mol. The summed E-state index contributed by atoms with van der Waals surface area (Å²) in [6.07, 6.45) is 0. The summed E-state index contributed by atoms with van der Waals surface area (Å²) in [4.78, 5) is 20.8. The Morgan fingerprint density at radius 1 is 0.310 bits per heavy atom. The standard InChI is InChI=1S/C65H45N3OS2/c1-5-22-48(23-6-1)70(49-24-7-2-8-25-49)61-35-17-13-31-55(61)67(56-32-14-18-36-62(56)70)47-41-43-60-53(45-47)52-44-46(40-42-59(52)69-60)54-30-21-39-65(66-54)68-57-33-15-19-37-63(57)71(50-26-9-3-10-27-50,51-28-11-4-12-29-51)64-38-20-16-34-58(64)68/h1-45H. The zero-order valence-corrected chi connectivity index (χ0v) is 40.2. The van der Waals surface area contributed by atoms with E-state index >= 15 is 0 Å². The second-order valence-corrected chi connectivity index (χ2v) is 24.0. The first-order valence-corrected chi connectivity index (χ1v) is 27.3. The van der Waals surface area contributed by atoms with Gasteiger partial charge in [0.2, 0.25) is 0 Å². The third kappa shape index (κ3) is 6.18. The van der Waals surface area contributed by atoms with E-state index < -0.39 is 20.1 Å². The summed E-state index contributed by atoms with van der Waals surface area (Å²) in [6.45, 7) is 0. The quantitative estimate of drug-likeness (QED) is 0.159. The van der Waals surface area contributed by atoms with Crippen LogP contribution in [0.5, 0.6) is 0 Å². The highest BCUT2D eigenvalue weighted by Gasteiger charge is 2.44. The third-order valence-electron chi connectivity index (χ3n) is 14.1. The zero-order valence-electron chi connectivity index (χ0n) is 38.5. The van der Waals surface area contributed by atoms with Crippen molar-refractivity contribution < 1.29 is 4.42 Å². The van der Waals surface area contributed by atoms with Gasteiger partial charge in [-0.15, -0.1) is 20.1 Å². The Morgan fingerprint density at radius 3 is 1.14 bits per heavy atom. The van der Waals surface area contributed by atoms with Crippen molar-refractivity contribution in [2.24, 2.45) is 0 Å². The van der Waals surface area contributed by atoms with Crippen LogP contribution < -0.4 is 9.80 Å². The van der Waals surface area contributed by atoms with Crippen molar-refractivity contribution in [1.82, 2.24) is 4.98 Å². The van der Waals surface area contributed by atoms with Crippen molar-refractivity contribution in [3.05, 3.63) is 273 Å². The number of hydrogen-bond donors (Lipinski definition) is 0. The summed E-state index contributed by atoms with van der Waals surface area (Å²) in [5.41, 5.74) is 9.29. The highest BCUT2D eigenvalue weighted by Crippen LogP contribution is 2.81. The fourth-order valence-electron chi connectivity index (χ4n) is 11.2. The SMILES string of the molecule is c1ccc(S2(c3ccccc3)c3ccccc3N(c3ccc4oc5ccc(-c6cccc(N7c8ccccc8S(c8ccccc8)(c8ccccc8)c8ccccc87)n6)cc5c4c3)c3ccccc32)cc1. The summed E-state index contributed by atoms with van der Waals surface area (Å²) >= 11 is 0. The molecule has 0 aliphatic carbocycles. The molecule has 0 saturated heterocycles. The van der Waals surface area contributed by atoms with Gasteiger partial charge >= 0.3 is 0 Å². The maximum atomic E-state index is 6.62. The molecule has 0 bridgehead atoms. The van der Waals surface area contributed by atoms with Crippen LogP contribution in [0.4, 0.5) is 34.3 Å². The molecule has 2 aliphatic rings. The van der Waals surface area contributed by atoms with Gasteiger partial charge in [0.25, 0.3) is 0 Å². The molecule has 0 atom stereocenters. The molecule has 12 aromatic rings. The molecule has 2 aliphatic heterocycles. The largest absolute Gasteiger partial charge is 0.456 e. The minimum atomic E-state index is -1.87. The van der Waals surface area contributed by atoms with Gasteiger partial charge in [0.05, 0.1) is 28.4 Å². The van der Waals surface area contributed by atoms with Gasteiger partial charge in [-0.1, -0.05) is 127 Å². The van der Waals surface area contributed by atoms with Crippen molar-refractivity contribution in [2.75, 3.05) is 9.80 Å². The summed E-state index contributed by atoms with van der Waals surface area (Å²) in [5.74, 6) is 0.864. The highest BCUT2D eigenvalue weighted by atomic mass is 32.3. The second-order valence-electron chi connectivity index (χ2n) is 17.9. The molecule has 2 aromatic heterocycles. The van der Waals surface area contributed by atoms with Crippen molar-refractivity contribution in [2.45, 2.75) is 39.2 Å². The first-order chi connectivity index (χ1) is 35.2. The number of benzene rings is 10. The van der Waals surface area contributed by atoms with Crippen LogP contribution in [0.1, 0.15) is 0 Å². The lowest BCUT2D eigenvalue weighted by Gasteiger charge is -2.49. The topological polar surface area (TPSA) is 32.5 Å². The van der Waals surface area contributed by atoms with Crippen LogP contribution in [0.25, 0.3) is 33.2 Å². The van der Waals surface area contributed by atoms with Gasteiger partial charge in [0.15, 0.2) is 0 Å². The number of nitrogens with zero attached hydrogens (tertiary/aromatic N) is 3. The lowest BCUT2D eigenvalue weighted by Crippen LogP contribution is -2.22. The Hall–Kier alpha value is -8.55. The smallest absolute Gasteiger partial charge is 0.138 e. The third-order valence-corrected chi connectivity index (χ3v) is 22.0. The summed E-state index contributed by atoms with van der Waals surface area (Å²) in [6, 6.07) is 99.7. The van der Waals surface area contributed by atoms with E-state index in [-0.39, 0.29) is 0 Å². The molecule has 4 nitrogen and oxygen atoms in total. The van der Waals surface area contributed by atoms with E-state index in [0.29, 0.717) is 0 Å². The highest BCUT2D eigenvalue weighted by molar-refractivity contribution is 8.34. The van der Waals surface area contributed by atoms with Crippen LogP contribution in [-0.2, 0) is 0 Å². The Labute approximate surface area is 416 Å².